The highest BCUT2D eigenvalue weighted by Crippen LogP contribution is 2.31. The number of fused-ring (bicyclic) bond motifs is 1. The van der Waals surface area contributed by atoms with E-state index in [0.29, 0.717) is 27.7 Å². The lowest BCUT2D eigenvalue weighted by Gasteiger charge is -1.99. The summed E-state index contributed by atoms with van der Waals surface area (Å²) in [5, 5.41) is 0.460. The number of nitrogen functional groups attached to an aromatic ring is 1. The Morgan fingerprint density at radius 1 is 1.21 bits per heavy atom. The van der Waals surface area contributed by atoms with E-state index >= 15 is 0 Å². The molecule has 0 fully saturated rings. The Labute approximate surface area is 114 Å². The fraction of sp³-hybridized carbons (Fsp3) is 0.0714. The Hall–Kier alpha value is -2.20. The van der Waals surface area contributed by atoms with Crippen molar-refractivity contribution in [1.82, 2.24) is 4.98 Å². The number of anilines is 1. The van der Waals surface area contributed by atoms with Gasteiger partial charge in [0.2, 0.25) is 5.89 Å². The van der Waals surface area contributed by atoms with Gasteiger partial charge in [-0.3, -0.25) is 0 Å². The second-order valence-electron chi connectivity index (χ2n) is 4.10. The molecule has 3 rings (SSSR count). The van der Waals surface area contributed by atoms with Crippen LogP contribution in [-0.4, -0.2) is 12.1 Å². The normalized spacial score (nSPS) is 10.8. The SMILES string of the molecule is COc1ccc(-c2nc3cc(N)cc(Cl)c3o2)cc1. The molecule has 2 N–H and O–H groups in total. The maximum Gasteiger partial charge on any atom is 0.227 e. The highest BCUT2D eigenvalue weighted by atomic mass is 35.5. The van der Waals surface area contributed by atoms with E-state index in [1.165, 1.54) is 0 Å². The maximum absolute atomic E-state index is 6.08. The van der Waals surface area contributed by atoms with E-state index in [-0.39, 0.29) is 0 Å². The smallest absolute Gasteiger partial charge is 0.227 e. The number of aromatic nitrogens is 1. The molecule has 2 aromatic carbocycles. The zero-order chi connectivity index (χ0) is 13.4. The van der Waals surface area contributed by atoms with Crippen molar-refractivity contribution in [2.24, 2.45) is 0 Å². The molecule has 5 heteroatoms. The van der Waals surface area contributed by atoms with E-state index in [9.17, 15) is 0 Å². The van der Waals surface area contributed by atoms with E-state index < -0.39 is 0 Å². The van der Waals surface area contributed by atoms with Gasteiger partial charge in [-0.15, -0.1) is 0 Å². The second kappa shape index (κ2) is 4.48. The summed E-state index contributed by atoms with van der Waals surface area (Å²) in [6.07, 6.45) is 0. The van der Waals surface area contributed by atoms with Gasteiger partial charge in [0.1, 0.15) is 11.3 Å². The maximum atomic E-state index is 6.08. The molecule has 19 heavy (non-hydrogen) atoms. The Morgan fingerprint density at radius 3 is 2.63 bits per heavy atom. The summed E-state index contributed by atoms with van der Waals surface area (Å²) in [6.45, 7) is 0. The Morgan fingerprint density at radius 2 is 1.95 bits per heavy atom. The number of halogens is 1. The van der Waals surface area contributed by atoms with Gasteiger partial charge in [0.25, 0.3) is 0 Å². The zero-order valence-corrected chi connectivity index (χ0v) is 10.9. The Balaban J connectivity index is 2.12. The third-order valence-corrected chi connectivity index (χ3v) is 3.08. The van der Waals surface area contributed by atoms with Crippen molar-refractivity contribution in [3.8, 4) is 17.2 Å². The fourth-order valence-corrected chi connectivity index (χ4v) is 2.13. The first-order valence-electron chi connectivity index (χ1n) is 5.67. The molecule has 3 aromatic rings. The predicted molar refractivity (Wildman–Crippen MR) is 75.4 cm³/mol. The van der Waals surface area contributed by atoms with E-state index in [2.05, 4.69) is 4.98 Å². The fourth-order valence-electron chi connectivity index (χ4n) is 1.87. The zero-order valence-electron chi connectivity index (χ0n) is 10.2. The molecule has 4 nitrogen and oxygen atoms in total. The van der Waals surface area contributed by atoms with Gasteiger partial charge in [0, 0.05) is 11.3 Å². The van der Waals surface area contributed by atoms with Crippen LogP contribution in [0.5, 0.6) is 5.75 Å². The number of nitrogens with zero attached hydrogens (tertiary/aromatic N) is 1. The van der Waals surface area contributed by atoms with Crippen LogP contribution in [0.1, 0.15) is 0 Å². The molecule has 0 saturated carbocycles. The van der Waals surface area contributed by atoms with Crippen LogP contribution in [0, 0.1) is 0 Å². The first-order chi connectivity index (χ1) is 9.17. The first-order valence-corrected chi connectivity index (χ1v) is 6.05. The molecule has 0 amide bonds. The summed E-state index contributed by atoms with van der Waals surface area (Å²) in [4.78, 5) is 4.39. The minimum atomic E-state index is 0.460. The second-order valence-corrected chi connectivity index (χ2v) is 4.51. The van der Waals surface area contributed by atoms with Crippen molar-refractivity contribution in [3.05, 3.63) is 41.4 Å². The highest BCUT2D eigenvalue weighted by molar-refractivity contribution is 6.35. The number of methoxy groups -OCH3 is 1. The summed E-state index contributed by atoms with van der Waals surface area (Å²) in [7, 11) is 1.62. The minimum Gasteiger partial charge on any atom is -0.497 e. The van der Waals surface area contributed by atoms with Crippen LogP contribution < -0.4 is 10.5 Å². The van der Waals surface area contributed by atoms with Gasteiger partial charge in [0.05, 0.1) is 12.1 Å². The van der Waals surface area contributed by atoms with Crippen molar-refractivity contribution in [2.45, 2.75) is 0 Å². The van der Waals surface area contributed by atoms with E-state index in [4.69, 9.17) is 26.5 Å². The molecular weight excluding hydrogens is 264 g/mol. The number of ether oxygens (including phenoxy) is 1. The van der Waals surface area contributed by atoms with Gasteiger partial charge in [-0.05, 0) is 36.4 Å². The van der Waals surface area contributed by atoms with Crippen molar-refractivity contribution in [2.75, 3.05) is 12.8 Å². The molecule has 0 spiro atoms. The molecule has 0 saturated heterocycles. The standard InChI is InChI=1S/C14H11ClN2O2/c1-18-10-4-2-8(3-5-10)14-17-12-7-9(16)6-11(15)13(12)19-14/h2-7H,16H2,1H3. The number of hydrogen-bond acceptors (Lipinski definition) is 4. The molecule has 0 aliphatic carbocycles. The largest absolute Gasteiger partial charge is 0.497 e. The summed E-state index contributed by atoms with van der Waals surface area (Å²) < 4.78 is 10.8. The van der Waals surface area contributed by atoms with Gasteiger partial charge >= 0.3 is 0 Å². The van der Waals surface area contributed by atoms with Crippen LogP contribution in [0.15, 0.2) is 40.8 Å². The molecule has 1 heterocycles. The van der Waals surface area contributed by atoms with Crippen LogP contribution in [0.4, 0.5) is 5.69 Å². The van der Waals surface area contributed by atoms with Gasteiger partial charge in [-0.25, -0.2) is 4.98 Å². The third kappa shape index (κ3) is 2.11. The van der Waals surface area contributed by atoms with Crippen molar-refractivity contribution in [3.63, 3.8) is 0 Å². The summed E-state index contributed by atoms with van der Waals surface area (Å²) in [5.74, 6) is 1.28. The van der Waals surface area contributed by atoms with Crippen LogP contribution in [0.2, 0.25) is 5.02 Å². The summed E-state index contributed by atoms with van der Waals surface area (Å²) in [6, 6.07) is 10.8. The summed E-state index contributed by atoms with van der Waals surface area (Å²) >= 11 is 6.08. The van der Waals surface area contributed by atoms with E-state index in [1.54, 1.807) is 19.2 Å². The molecule has 0 atom stereocenters. The minimum absolute atomic E-state index is 0.460. The highest BCUT2D eigenvalue weighted by Gasteiger charge is 2.11. The van der Waals surface area contributed by atoms with Gasteiger partial charge in [-0.1, -0.05) is 11.6 Å². The lowest BCUT2D eigenvalue weighted by atomic mass is 10.2. The Kier molecular flexibility index (Phi) is 2.80. The first kappa shape index (κ1) is 11.9. The third-order valence-electron chi connectivity index (χ3n) is 2.80. The molecule has 0 aliphatic rings. The molecule has 0 unspecified atom stereocenters. The summed E-state index contributed by atoms with van der Waals surface area (Å²) in [5.41, 5.74) is 8.34. The van der Waals surface area contributed by atoms with Crippen molar-refractivity contribution >= 4 is 28.4 Å². The number of benzene rings is 2. The molecule has 96 valence electrons. The average molecular weight is 275 g/mol. The van der Waals surface area contributed by atoms with Crippen LogP contribution >= 0.6 is 11.6 Å². The lowest BCUT2D eigenvalue weighted by Crippen LogP contribution is -1.84. The van der Waals surface area contributed by atoms with Gasteiger partial charge in [0.15, 0.2) is 5.58 Å². The number of oxazole rings is 1. The van der Waals surface area contributed by atoms with Gasteiger partial charge in [-0.2, -0.15) is 0 Å². The quantitative estimate of drug-likeness (QED) is 0.723. The Bertz CT molecular complexity index is 735. The molecule has 0 radical (unpaired) electrons. The van der Waals surface area contributed by atoms with E-state index in [0.717, 1.165) is 11.3 Å². The van der Waals surface area contributed by atoms with Crippen LogP contribution in [0.3, 0.4) is 0 Å². The van der Waals surface area contributed by atoms with Crippen molar-refractivity contribution in [1.29, 1.82) is 0 Å². The number of hydrogen-bond donors (Lipinski definition) is 1. The van der Waals surface area contributed by atoms with Crippen molar-refractivity contribution < 1.29 is 9.15 Å². The molecular formula is C14H11ClN2O2. The van der Waals surface area contributed by atoms with Crippen LogP contribution in [0.25, 0.3) is 22.6 Å². The monoisotopic (exact) mass is 274 g/mol. The topological polar surface area (TPSA) is 61.3 Å². The van der Waals surface area contributed by atoms with Crippen LogP contribution in [-0.2, 0) is 0 Å². The lowest BCUT2D eigenvalue weighted by molar-refractivity contribution is 0.415. The molecule has 1 aromatic heterocycles. The number of rotatable bonds is 2. The molecule has 0 bridgehead atoms. The molecule has 0 aliphatic heterocycles. The van der Waals surface area contributed by atoms with E-state index in [1.807, 2.05) is 24.3 Å². The number of nitrogens with two attached hydrogens (primary N) is 1. The van der Waals surface area contributed by atoms with Gasteiger partial charge < -0.3 is 14.9 Å². The predicted octanol–water partition coefficient (Wildman–Crippen LogP) is 3.74. The average Bonchev–Trinajstić information content (AvgIpc) is 2.83.